The minimum atomic E-state index is 0.671. The molecule has 2 aromatic heterocycles. The zero-order chi connectivity index (χ0) is 35.0. The van der Waals surface area contributed by atoms with Crippen LogP contribution in [-0.2, 0) is 0 Å². The topological polar surface area (TPSA) is 38.7 Å². The molecule has 0 N–H and O–H groups in total. The number of fused-ring (bicyclic) bond motifs is 3. The van der Waals surface area contributed by atoms with Gasteiger partial charge in [-0.3, -0.25) is 4.98 Å². The van der Waals surface area contributed by atoms with E-state index in [9.17, 15) is 0 Å². The summed E-state index contributed by atoms with van der Waals surface area (Å²) in [6, 6.07) is 62.3. The molecule has 0 spiro atoms. The molecule has 0 saturated carbocycles. The predicted molar refractivity (Wildman–Crippen MR) is 217 cm³/mol. The van der Waals surface area contributed by atoms with Crippen molar-refractivity contribution in [2.24, 2.45) is 0 Å². The Morgan fingerprint density at radius 2 is 0.904 bits per heavy atom. The van der Waals surface area contributed by atoms with Crippen LogP contribution in [0.1, 0.15) is 11.4 Å². The number of aromatic nitrogens is 3. The quantitative estimate of drug-likeness (QED) is 0.166. The van der Waals surface area contributed by atoms with Crippen LogP contribution < -0.4 is 0 Å². The number of nitrogens with zero attached hydrogens (tertiary/aromatic N) is 3. The molecule has 7 aromatic carbocycles. The summed E-state index contributed by atoms with van der Waals surface area (Å²) in [4.78, 5) is 15.5. The summed E-state index contributed by atoms with van der Waals surface area (Å²) in [7, 11) is 0. The van der Waals surface area contributed by atoms with Crippen molar-refractivity contribution in [1.82, 2.24) is 15.0 Å². The zero-order valence-electron chi connectivity index (χ0n) is 29.1. The Balaban J connectivity index is 1.33. The van der Waals surface area contributed by atoms with E-state index in [1.807, 2.05) is 13.0 Å². The normalized spacial score (nSPS) is 11.3. The van der Waals surface area contributed by atoms with Crippen LogP contribution in [0.4, 0.5) is 0 Å². The van der Waals surface area contributed by atoms with Gasteiger partial charge in [-0.2, -0.15) is 0 Å². The van der Waals surface area contributed by atoms with Gasteiger partial charge in [-0.15, -0.1) is 0 Å². The minimum Gasteiger partial charge on any atom is -0.258 e. The van der Waals surface area contributed by atoms with Crippen LogP contribution in [0, 0.1) is 13.8 Å². The largest absolute Gasteiger partial charge is 0.258 e. The highest BCUT2D eigenvalue weighted by Gasteiger charge is 2.18. The lowest BCUT2D eigenvalue weighted by Gasteiger charge is -2.16. The van der Waals surface area contributed by atoms with Crippen LogP contribution in [0.3, 0.4) is 0 Å². The lowest BCUT2D eigenvalue weighted by atomic mass is 9.90. The van der Waals surface area contributed by atoms with Crippen LogP contribution in [0.5, 0.6) is 0 Å². The van der Waals surface area contributed by atoms with Crippen molar-refractivity contribution in [1.29, 1.82) is 0 Å². The van der Waals surface area contributed by atoms with Crippen molar-refractivity contribution < 1.29 is 0 Å². The van der Waals surface area contributed by atoms with Crippen LogP contribution in [-0.4, -0.2) is 15.0 Å². The Morgan fingerprint density at radius 3 is 1.65 bits per heavy atom. The second kappa shape index (κ2) is 13.2. The van der Waals surface area contributed by atoms with E-state index < -0.39 is 0 Å². The van der Waals surface area contributed by atoms with Gasteiger partial charge < -0.3 is 0 Å². The summed E-state index contributed by atoms with van der Waals surface area (Å²) >= 11 is 0. The molecule has 9 rings (SSSR count). The maximum absolute atomic E-state index is 5.38. The molecular formula is C49H35N3. The second-order valence-electron chi connectivity index (χ2n) is 13.3. The van der Waals surface area contributed by atoms with Gasteiger partial charge in [0.2, 0.25) is 0 Å². The van der Waals surface area contributed by atoms with Crippen molar-refractivity contribution in [3.05, 3.63) is 187 Å². The molecule has 2 heterocycles. The third-order valence-electron chi connectivity index (χ3n) is 9.89. The van der Waals surface area contributed by atoms with E-state index in [-0.39, 0.29) is 0 Å². The Hall–Kier alpha value is -6.71. The highest BCUT2D eigenvalue weighted by Crippen LogP contribution is 2.40. The van der Waals surface area contributed by atoms with Gasteiger partial charge in [0.15, 0.2) is 5.82 Å². The predicted octanol–water partition coefficient (Wildman–Crippen LogP) is 12.8. The first kappa shape index (κ1) is 31.3. The van der Waals surface area contributed by atoms with Crippen LogP contribution in [0.2, 0.25) is 0 Å². The molecular weight excluding hydrogens is 631 g/mol. The third kappa shape index (κ3) is 5.82. The van der Waals surface area contributed by atoms with Gasteiger partial charge in [-0.05, 0) is 99.6 Å². The number of hydrogen-bond donors (Lipinski definition) is 0. The van der Waals surface area contributed by atoms with Crippen molar-refractivity contribution in [3.8, 4) is 67.3 Å². The van der Waals surface area contributed by atoms with E-state index in [0.29, 0.717) is 5.82 Å². The Morgan fingerprint density at radius 1 is 0.327 bits per heavy atom. The van der Waals surface area contributed by atoms with E-state index in [0.717, 1.165) is 67.3 Å². The standard InChI is InChI=1S/C49H35N3/c1-32-25-26-40(33(2)50-32)37-27-38(46-30-36-19-9-10-21-42(36)43-22-12-13-23-44(43)46)29-39(28-37)49-51-47(35-17-7-4-8-18-35)31-48(52-49)45-24-14-11-20-41(45)34-15-5-3-6-16-34/h3-31H,1-2H3. The van der Waals surface area contributed by atoms with E-state index in [4.69, 9.17) is 15.0 Å². The number of aryl methyl sites for hydroxylation is 2. The number of benzene rings is 7. The monoisotopic (exact) mass is 665 g/mol. The molecule has 9 aromatic rings. The molecule has 0 amide bonds. The van der Waals surface area contributed by atoms with Crippen LogP contribution in [0.15, 0.2) is 176 Å². The minimum absolute atomic E-state index is 0.671. The van der Waals surface area contributed by atoms with Gasteiger partial charge in [-0.1, -0.05) is 140 Å². The summed E-state index contributed by atoms with van der Waals surface area (Å²) in [5, 5.41) is 4.90. The van der Waals surface area contributed by atoms with Gasteiger partial charge in [-0.25, -0.2) is 9.97 Å². The lowest BCUT2D eigenvalue weighted by Crippen LogP contribution is -1.98. The van der Waals surface area contributed by atoms with Crippen molar-refractivity contribution in [2.75, 3.05) is 0 Å². The van der Waals surface area contributed by atoms with E-state index in [1.165, 1.54) is 27.1 Å². The van der Waals surface area contributed by atoms with Crippen molar-refractivity contribution >= 4 is 21.5 Å². The molecule has 0 aliphatic rings. The number of hydrogen-bond acceptors (Lipinski definition) is 3. The van der Waals surface area contributed by atoms with Gasteiger partial charge >= 0.3 is 0 Å². The molecule has 52 heavy (non-hydrogen) atoms. The molecule has 3 nitrogen and oxygen atoms in total. The molecule has 0 saturated heterocycles. The summed E-state index contributed by atoms with van der Waals surface area (Å²) in [5.74, 6) is 0.671. The fourth-order valence-electron chi connectivity index (χ4n) is 7.40. The highest BCUT2D eigenvalue weighted by atomic mass is 14.9. The smallest absolute Gasteiger partial charge is 0.160 e. The van der Waals surface area contributed by atoms with Gasteiger partial charge in [0.25, 0.3) is 0 Å². The average molecular weight is 666 g/mol. The zero-order valence-corrected chi connectivity index (χ0v) is 29.1. The summed E-state index contributed by atoms with van der Waals surface area (Å²) in [5.41, 5.74) is 13.5. The Labute approximate surface area is 304 Å². The van der Waals surface area contributed by atoms with E-state index in [1.54, 1.807) is 0 Å². The molecule has 0 fully saturated rings. The van der Waals surface area contributed by atoms with E-state index in [2.05, 4.69) is 177 Å². The number of rotatable bonds is 6. The van der Waals surface area contributed by atoms with Crippen molar-refractivity contribution in [3.63, 3.8) is 0 Å². The molecule has 0 bridgehead atoms. The van der Waals surface area contributed by atoms with Crippen molar-refractivity contribution in [2.45, 2.75) is 13.8 Å². The van der Waals surface area contributed by atoms with Gasteiger partial charge in [0.05, 0.1) is 11.4 Å². The number of pyridine rings is 1. The van der Waals surface area contributed by atoms with Crippen LogP contribution >= 0.6 is 0 Å². The maximum atomic E-state index is 5.38. The van der Waals surface area contributed by atoms with E-state index >= 15 is 0 Å². The van der Waals surface area contributed by atoms with Gasteiger partial charge in [0, 0.05) is 33.6 Å². The lowest BCUT2D eigenvalue weighted by molar-refractivity contribution is 1.12. The molecule has 0 unspecified atom stereocenters. The summed E-state index contributed by atoms with van der Waals surface area (Å²) in [6.07, 6.45) is 0. The average Bonchev–Trinajstić information content (AvgIpc) is 3.21. The summed E-state index contributed by atoms with van der Waals surface area (Å²) in [6.45, 7) is 4.13. The Bertz CT molecular complexity index is 2750. The first-order valence-electron chi connectivity index (χ1n) is 17.7. The third-order valence-corrected chi connectivity index (χ3v) is 9.89. The summed E-state index contributed by atoms with van der Waals surface area (Å²) < 4.78 is 0. The molecule has 0 aliphatic carbocycles. The first-order chi connectivity index (χ1) is 25.6. The van der Waals surface area contributed by atoms with Gasteiger partial charge in [0.1, 0.15) is 0 Å². The molecule has 3 heteroatoms. The second-order valence-corrected chi connectivity index (χ2v) is 13.3. The fourth-order valence-corrected chi connectivity index (χ4v) is 7.40. The SMILES string of the molecule is Cc1ccc(-c2cc(-c3nc(-c4ccccc4)cc(-c4ccccc4-c4ccccc4)n3)cc(-c3cc4ccccc4c4ccccc34)c2)c(C)n1. The van der Waals surface area contributed by atoms with Crippen LogP contribution in [0.25, 0.3) is 88.8 Å². The molecule has 0 radical (unpaired) electrons. The maximum Gasteiger partial charge on any atom is 0.160 e. The molecule has 0 atom stereocenters. The Kier molecular flexibility index (Phi) is 7.94. The molecule has 0 aliphatic heterocycles. The fraction of sp³-hybridized carbons (Fsp3) is 0.0408. The molecule has 246 valence electrons. The first-order valence-corrected chi connectivity index (χ1v) is 17.7. The highest BCUT2D eigenvalue weighted by molar-refractivity contribution is 6.14.